The summed E-state index contributed by atoms with van der Waals surface area (Å²) < 4.78 is 0. The van der Waals surface area contributed by atoms with Crippen LogP contribution in [0.3, 0.4) is 0 Å². The molecule has 0 bridgehead atoms. The molecule has 2 aromatic rings. The van der Waals surface area contributed by atoms with Crippen LogP contribution in [0.15, 0.2) is 24.3 Å². The molecule has 0 radical (unpaired) electrons. The van der Waals surface area contributed by atoms with E-state index in [1.54, 1.807) is 6.19 Å². The third kappa shape index (κ3) is 3.61. The Labute approximate surface area is 110 Å². The Morgan fingerprint density at radius 2 is 2.21 bits per heavy atom. The van der Waals surface area contributed by atoms with Gasteiger partial charge in [0.05, 0.1) is 11.0 Å². The summed E-state index contributed by atoms with van der Waals surface area (Å²) in [6, 6.07) is 7.84. The van der Waals surface area contributed by atoms with Crippen LogP contribution in [0.2, 0.25) is 0 Å². The first-order valence-electron chi connectivity index (χ1n) is 5.96. The molecule has 7 heteroatoms. The number of benzene rings is 1. The minimum Gasteiger partial charge on any atom is -0.356 e. The highest BCUT2D eigenvalue weighted by molar-refractivity contribution is 5.78. The third-order valence-corrected chi connectivity index (χ3v) is 2.52. The molecule has 0 aliphatic carbocycles. The van der Waals surface area contributed by atoms with Gasteiger partial charge in [-0.15, -0.1) is 0 Å². The number of aromatic amines is 1. The molecule has 0 aliphatic rings. The Morgan fingerprint density at radius 1 is 1.37 bits per heavy atom. The summed E-state index contributed by atoms with van der Waals surface area (Å²) in [7, 11) is 0. The third-order valence-electron chi connectivity index (χ3n) is 2.52. The minimum absolute atomic E-state index is 0.0197. The van der Waals surface area contributed by atoms with Crippen molar-refractivity contribution in [1.29, 1.82) is 10.7 Å². The van der Waals surface area contributed by atoms with Gasteiger partial charge in [-0.1, -0.05) is 12.1 Å². The van der Waals surface area contributed by atoms with Gasteiger partial charge in [-0.25, -0.2) is 4.98 Å². The van der Waals surface area contributed by atoms with Crippen LogP contribution in [0.1, 0.15) is 6.42 Å². The van der Waals surface area contributed by atoms with Crippen LogP contribution < -0.4 is 16.0 Å². The molecule has 1 heterocycles. The Hall–Kier alpha value is -2.75. The van der Waals surface area contributed by atoms with Gasteiger partial charge in [-0.3, -0.25) is 10.7 Å². The molecule has 1 aromatic heterocycles. The summed E-state index contributed by atoms with van der Waals surface area (Å²) in [4.78, 5) is 7.57. The van der Waals surface area contributed by atoms with E-state index in [9.17, 15) is 0 Å². The SMILES string of the molecule is N#CNC(=N)NCCCNc1nc2ccccc2[nH]1. The number of imidazole rings is 1. The zero-order valence-corrected chi connectivity index (χ0v) is 10.3. The first-order chi connectivity index (χ1) is 9.29. The highest BCUT2D eigenvalue weighted by atomic mass is 15.1. The van der Waals surface area contributed by atoms with Crippen molar-refractivity contribution < 1.29 is 0 Å². The molecule has 0 saturated heterocycles. The number of hydrogen-bond acceptors (Lipinski definition) is 4. The predicted molar refractivity (Wildman–Crippen MR) is 73.7 cm³/mol. The van der Waals surface area contributed by atoms with Crippen molar-refractivity contribution in [3.8, 4) is 6.19 Å². The lowest BCUT2D eigenvalue weighted by molar-refractivity contribution is 0.784. The van der Waals surface area contributed by atoms with Crippen molar-refractivity contribution in [2.75, 3.05) is 18.4 Å². The van der Waals surface area contributed by atoms with Crippen molar-refractivity contribution in [2.24, 2.45) is 0 Å². The van der Waals surface area contributed by atoms with E-state index in [4.69, 9.17) is 10.7 Å². The molecule has 0 fully saturated rings. The standard InChI is InChI=1S/C12H15N7/c13-8-17-11(14)15-6-3-7-16-12-18-9-4-1-2-5-10(9)19-12/h1-2,4-5H,3,6-7H2,(H3,14,15,17)(H2,16,18,19). The van der Waals surface area contributed by atoms with E-state index < -0.39 is 0 Å². The number of nitriles is 1. The van der Waals surface area contributed by atoms with E-state index >= 15 is 0 Å². The number of aromatic nitrogens is 2. The smallest absolute Gasteiger partial charge is 0.201 e. The fourth-order valence-electron chi connectivity index (χ4n) is 1.65. The van der Waals surface area contributed by atoms with Crippen LogP contribution >= 0.6 is 0 Å². The summed E-state index contributed by atoms with van der Waals surface area (Å²) in [5.41, 5.74) is 1.94. The first kappa shape index (κ1) is 12.7. The van der Waals surface area contributed by atoms with Crippen molar-refractivity contribution in [3.63, 3.8) is 0 Å². The molecule has 0 saturated carbocycles. The number of H-pyrrole nitrogens is 1. The van der Waals surface area contributed by atoms with Gasteiger partial charge in [0.25, 0.3) is 0 Å². The molecular formula is C12H15N7. The van der Waals surface area contributed by atoms with Gasteiger partial charge in [0, 0.05) is 13.1 Å². The van der Waals surface area contributed by atoms with Gasteiger partial charge in [-0.05, 0) is 18.6 Å². The Kier molecular flexibility index (Phi) is 4.18. The highest BCUT2D eigenvalue weighted by Gasteiger charge is 2.00. The van der Waals surface area contributed by atoms with Gasteiger partial charge in [0.15, 0.2) is 6.19 Å². The summed E-state index contributed by atoms with van der Waals surface area (Å²) >= 11 is 0. The number of para-hydroxylation sites is 2. The van der Waals surface area contributed by atoms with Gasteiger partial charge in [0.2, 0.25) is 11.9 Å². The number of guanidine groups is 1. The largest absolute Gasteiger partial charge is 0.356 e. The van der Waals surface area contributed by atoms with Crippen molar-refractivity contribution in [1.82, 2.24) is 20.6 Å². The molecule has 19 heavy (non-hydrogen) atoms. The maximum atomic E-state index is 8.29. The molecule has 0 aliphatic heterocycles. The van der Waals surface area contributed by atoms with Crippen LogP contribution in [-0.4, -0.2) is 29.0 Å². The minimum atomic E-state index is 0.0197. The summed E-state index contributed by atoms with van der Waals surface area (Å²) in [6.45, 7) is 1.34. The average molecular weight is 257 g/mol. The van der Waals surface area contributed by atoms with E-state index in [0.29, 0.717) is 6.54 Å². The second-order valence-electron chi connectivity index (χ2n) is 3.92. The molecule has 7 nitrogen and oxygen atoms in total. The van der Waals surface area contributed by atoms with E-state index in [-0.39, 0.29) is 5.96 Å². The molecule has 2 rings (SSSR count). The fraction of sp³-hybridized carbons (Fsp3) is 0.250. The number of anilines is 1. The Balaban J connectivity index is 1.71. The molecule has 0 atom stereocenters. The molecule has 98 valence electrons. The summed E-state index contributed by atoms with van der Waals surface area (Å²) in [6.07, 6.45) is 2.49. The zero-order chi connectivity index (χ0) is 13.5. The quantitative estimate of drug-likeness (QED) is 0.180. The van der Waals surface area contributed by atoms with E-state index in [1.165, 1.54) is 0 Å². The number of hydrogen-bond donors (Lipinski definition) is 5. The molecular weight excluding hydrogens is 242 g/mol. The van der Waals surface area contributed by atoms with Crippen molar-refractivity contribution in [2.45, 2.75) is 6.42 Å². The normalized spacial score (nSPS) is 9.84. The van der Waals surface area contributed by atoms with Crippen LogP contribution in [0.5, 0.6) is 0 Å². The molecule has 5 N–H and O–H groups in total. The lowest BCUT2D eigenvalue weighted by Crippen LogP contribution is -2.34. The zero-order valence-electron chi connectivity index (χ0n) is 10.3. The van der Waals surface area contributed by atoms with E-state index in [0.717, 1.165) is 29.9 Å². The van der Waals surface area contributed by atoms with Crippen LogP contribution in [0.4, 0.5) is 5.95 Å². The Bertz CT molecular complexity index is 562. The Morgan fingerprint density at radius 3 is 3.00 bits per heavy atom. The van der Waals surface area contributed by atoms with Gasteiger partial charge >= 0.3 is 0 Å². The number of rotatable bonds is 5. The highest BCUT2D eigenvalue weighted by Crippen LogP contribution is 2.12. The molecule has 0 spiro atoms. The monoisotopic (exact) mass is 257 g/mol. The van der Waals surface area contributed by atoms with Crippen molar-refractivity contribution in [3.05, 3.63) is 24.3 Å². The van der Waals surface area contributed by atoms with Crippen LogP contribution in [0, 0.1) is 16.9 Å². The number of nitrogens with zero attached hydrogens (tertiary/aromatic N) is 2. The van der Waals surface area contributed by atoms with E-state index in [2.05, 4.69) is 25.9 Å². The average Bonchev–Trinajstić information content (AvgIpc) is 2.81. The second kappa shape index (κ2) is 6.26. The molecule has 0 amide bonds. The lowest BCUT2D eigenvalue weighted by Gasteiger charge is -2.05. The maximum absolute atomic E-state index is 8.29. The topological polar surface area (TPSA) is 112 Å². The first-order valence-corrected chi connectivity index (χ1v) is 5.96. The predicted octanol–water partition coefficient (Wildman–Crippen LogP) is 0.960. The lowest BCUT2D eigenvalue weighted by atomic mass is 10.3. The van der Waals surface area contributed by atoms with Crippen LogP contribution in [-0.2, 0) is 0 Å². The summed E-state index contributed by atoms with van der Waals surface area (Å²) in [5, 5.41) is 23.7. The number of fused-ring (bicyclic) bond motifs is 1. The maximum Gasteiger partial charge on any atom is 0.201 e. The fourth-order valence-corrected chi connectivity index (χ4v) is 1.65. The van der Waals surface area contributed by atoms with E-state index in [1.807, 2.05) is 24.3 Å². The van der Waals surface area contributed by atoms with Gasteiger partial charge in [-0.2, -0.15) is 5.26 Å². The molecule has 0 unspecified atom stereocenters. The van der Waals surface area contributed by atoms with Gasteiger partial charge < -0.3 is 15.6 Å². The summed E-state index contributed by atoms with van der Waals surface area (Å²) in [5.74, 6) is 0.762. The number of nitrogens with one attached hydrogen (secondary N) is 5. The second-order valence-corrected chi connectivity index (χ2v) is 3.92. The van der Waals surface area contributed by atoms with Crippen LogP contribution in [0.25, 0.3) is 11.0 Å². The molecule has 1 aromatic carbocycles. The van der Waals surface area contributed by atoms with Crippen molar-refractivity contribution >= 4 is 22.9 Å². The van der Waals surface area contributed by atoms with Gasteiger partial charge in [0.1, 0.15) is 0 Å².